The summed E-state index contributed by atoms with van der Waals surface area (Å²) in [5.41, 5.74) is 1.14. The van der Waals surface area contributed by atoms with Crippen LogP contribution in [0.3, 0.4) is 0 Å². The molecule has 0 radical (unpaired) electrons. The van der Waals surface area contributed by atoms with Crippen LogP contribution < -0.4 is 10.1 Å². The van der Waals surface area contributed by atoms with E-state index in [1.54, 1.807) is 49.6 Å². The van der Waals surface area contributed by atoms with Gasteiger partial charge in [0.1, 0.15) is 5.75 Å². The van der Waals surface area contributed by atoms with Crippen LogP contribution in [0.4, 0.5) is 5.69 Å². The minimum absolute atomic E-state index is 0.334. The van der Waals surface area contributed by atoms with Crippen LogP contribution in [-0.2, 0) is 14.3 Å². The number of halogens is 2. The van der Waals surface area contributed by atoms with Crippen molar-refractivity contribution in [2.45, 2.75) is 13.0 Å². The van der Waals surface area contributed by atoms with Gasteiger partial charge < -0.3 is 14.8 Å². The van der Waals surface area contributed by atoms with Gasteiger partial charge in [0.15, 0.2) is 6.10 Å². The predicted octanol–water partition coefficient (Wildman–Crippen LogP) is 4.59. The topological polar surface area (TPSA) is 64.6 Å². The van der Waals surface area contributed by atoms with E-state index >= 15 is 0 Å². The molecule has 0 spiro atoms. The van der Waals surface area contributed by atoms with Crippen LogP contribution in [0.15, 0.2) is 48.5 Å². The summed E-state index contributed by atoms with van der Waals surface area (Å²) in [5, 5.41) is 3.33. The maximum Gasteiger partial charge on any atom is 0.331 e. The second kappa shape index (κ2) is 9.27. The van der Waals surface area contributed by atoms with E-state index in [4.69, 9.17) is 32.7 Å². The molecule has 1 N–H and O–H groups in total. The molecule has 5 nitrogen and oxygen atoms in total. The van der Waals surface area contributed by atoms with E-state index in [0.29, 0.717) is 15.7 Å². The summed E-state index contributed by atoms with van der Waals surface area (Å²) in [6, 6.07) is 11.8. The largest absolute Gasteiger partial charge is 0.497 e. The lowest BCUT2D eigenvalue weighted by atomic mass is 10.2. The highest BCUT2D eigenvalue weighted by molar-refractivity contribution is 6.35. The number of hydrogen-bond donors (Lipinski definition) is 1. The van der Waals surface area contributed by atoms with Gasteiger partial charge in [0, 0.05) is 11.1 Å². The number of amides is 1. The molecule has 1 atom stereocenters. The summed E-state index contributed by atoms with van der Waals surface area (Å²) in [7, 11) is 1.57. The molecule has 0 saturated heterocycles. The molecule has 0 aliphatic rings. The van der Waals surface area contributed by atoms with Crippen molar-refractivity contribution in [3.8, 4) is 5.75 Å². The molecule has 0 fully saturated rings. The zero-order valence-corrected chi connectivity index (χ0v) is 15.7. The first-order valence-electron chi connectivity index (χ1n) is 7.67. The number of ether oxygens (including phenoxy) is 2. The van der Waals surface area contributed by atoms with Gasteiger partial charge in [0.05, 0.1) is 17.8 Å². The second-order valence-corrected chi connectivity index (χ2v) is 6.14. The van der Waals surface area contributed by atoms with Crippen LogP contribution in [0, 0.1) is 0 Å². The number of carbonyl (C=O) groups excluding carboxylic acids is 2. The van der Waals surface area contributed by atoms with E-state index in [-0.39, 0.29) is 0 Å². The Morgan fingerprint density at radius 3 is 2.46 bits per heavy atom. The summed E-state index contributed by atoms with van der Waals surface area (Å²) in [6.45, 7) is 1.47. The van der Waals surface area contributed by atoms with E-state index in [1.807, 2.05) is 0 Å². The molecule has 7 heteroatoms. The highest BCUT2D eigenvalue weighted by Gasteiger charge is 2.17. The van der Waals surface area contributed by atoms with Crippen molar-refractivity contribution in [1.29, 1.82) is 0 Å². The summed E-state index contributed by atoms with van der Waals surface area (Å²) in [6.07, 6.45) is 1.83. The predicted molar refractivity (Wildman–Crippen MR) is 103 cm³/mol. The van der Waals surface area contributed by atoms with Crippen molar-refractivity contribution in [3.63, 3.8) is 0 Å². The minimum Gasteiger partial charge on any atom is -0.497 e. The molecular weight excluding hydrogens is 377 g/mol. The Labute approximate surface area is 161 Å². The third-order valence-corrected chi connectivity index (χ3v) is 3.94. The van der Waals surface area contributed by atoms with Crippen LogP contribution in [0.1, 0.15) is 12.5 Å². The van der Waals surface area contributed by atoms with E-state index in [0.717, 1.165) is 11.3 Å². The quantitative estimate of drug-likeness (QED) is 0.575. The minimum atomic E-state index is -1.00. The first-order chi connectivity index (χ1) is 12.4. The molecule has 0 saturated carbocycles. The number of methoxy groups -OCH3 is 1. The standard InChI is InChI=1S/C19H17Cl2NO4/c1-12(19(24)22-17-11-14(20)6-9-16(17)21)26-18(23)10-5-13-3-7-15(25-2)8-4-13/h3-12H,1-2H3,(H,22,24)/b10-5+. The molecule has 0 bridgehead atoms. The molecule has 1 unspecified atom stereocenters. The van der Waals surface area contributed by atoms with Crippen molar-refractivity contribution >= 4 is 46.8 Å². The molecule has 26 heavy (non-hydrogen) atoms. The number of benzene rings is 2. The van der Waals surface area contributed by atoms with Crippen molar-refractivity contribution in [2.24, 2.45) is 0 Å². The van der Waals surface area contributed by atoms with Gasteiger partial charge in [-0.05, 0) is 48.9 Å². The Morgan fingerprint density at radius 1 is 1.12 bits per heavy atom. The fraction of sp³-hybridized carbons (Fsp3) is 0.158. The average Bonchev–Trinajstić information content (AvgIpc) is 2.63. The molecule has 0 aromatic heterocycles. The number of nitrogens with one attached hydrogen (secondary N) is 1. The fourth-order valence-corrected chi connectivity index (χ4v) is 2.31. The Balaban J connectivity index is 1.91. The van der Waals surface area contributed by atoms with Gasteiger partial charge in [-0.15, -0.1) is 0 Å². The van der Waals surface area contributed by atoms with Gasteiger partial charge in [0.2, 0.25) is 0 Å². The lowest BCUT2D eigenvalue weighted by Crippen LogP contribution is -2.29. The first kappa shape index (κ1) is 19.8. The molecular formula is C19H17Cl2NO4. The lowest BCUT2D eigenvalue weighted by molar-refractivity contribution is -0.148. The van der Waals surface area contributed by atoms with Gasteiger partial charge in [-0.1, -0.05) is 35.3 Å². The summed E-state index contributed by atoms with van der Waals surface area (Å²) in [5.74, 6) is -0.435. The van der Waals surface area contributed by atoms with Gasteiger partial charge in [-0.2, -0.15) is 0 Å². The van der Waals surface area contributed by atoms with E-state index in [1.165, 1.54) is 19.1 Å². The van der Waals surface area contributed by atoms with Crippen LogP contribution >= 0.6 is 23.2 Å². The zero-order valence-electron chi connectivity index (χ0n) is 14.2. The van der Waals surface area contributed by atoms with Crippen LogP contribution in [0.25, 0.3) is 6.08 Å². The Kier molecular flexibility index (Phi) is 7.06. The van der Waals surface area contributed by atoms with Gasteiger partial charge in [-0.25, -0.2) is 4.79 Å². The number of anilines is 1. The third-order valence-electron chi connectivity index (χ3n) is 3.38. The van der Waals surface area contributed by atoms with Crippen molar-refractivity contribution in [1.82, 2.24) is 0 Å². The van der Waals surface area contributed by atoms with Crippen LogP contribution in [-0.4, -0.2) is 25.1 Å². The van der Waals surface area contributed by atoms with E-state index < -0.39 is 18.0 Å². The Morgan fingerprint density at radius 2 is 1.81 bits per heavy atom. The molecule has 2 aromatic rings. The maximum atomic E-state index is 12.1. The Hall–Kier alpha value is -2.50. The first-order valence-corrected chi connectivity index (χ1v) is 8.43. The summed E-state index contributed by atoms with van der Waals surface area (Å²) in [4.78, 5) is 24.0. The third kappa shape index (κ3) is 5.79. The molecule has 136 valence electrons. The van der Waals surface area contributed by atoms with Gasteiger partial charge >= 0.3 is 5.97 Å². The smallest absolute Gasteiger partial charge is 0.331 e. The zero-order chi connectivity index (χ0) is 19.1. The number of esters is 1. The van der Waals surface area contributed by atoms with Crippen LogP contribution in [0.2, 0.25) is 10.0 Å². The summed E-state index contributed by atoms with van der Waals surface area (Å²) < 4.78 is 10.1. The molecule has 0 aliphatic carbocycles. The second-order valence-electron chi connectivity index (χ2n) is 5.30. The van der Waals surface area contributed by atoms with Crippen molar-refractivity contribution in [3.05, 3.63) is 64.1 Å². The number of rotatable bonds is 6. The van der Waals surface area contributed by atoms with E-state index in [9.17, 15) is 9.59 Å². The highest BCUT2D eigenvalue weighted by atomic mass is 35.5. The SMILES string of the molecule is COc1ccc(/C=C/C(=O)OC(C)C(=O)Nc2cc(Cl)ccc2Cl)cc1. The number of hydrogen-bond acceptors (Lipinski definition) is 4. The van der Waals surface area contributed by atoms with Gasteiger partial charge in [0.25, 0.3) is 5.91 Å². The average molecular weight is 394 g/mol. The van der Waals surface area contributed by atoms with Crippen LogP contribution in [0.5, 0.6) is 5.75 Å². The van der Waals surface area contributed by atoms with Crippen molar-refractivity contribution in [2.75, 3.05) is 12.4 Å². The van der Waals surface area contributed by atoms with Crippen molar-refractivity contribution < 1.29 is 19.1 Å². The molecule has 0 heterocycles. The maximum absolute atomic E-state index is 12.1. The fourth-order valence-electron chi connectivity index (χ4n) is 1.97. The molecule has 1 amide bonds. The lowest BCUT2D eigenvalue weighted by Gasteiger charge is -2.13. The molecule has 2 rings (SSSR count). The number of carbonyl (C=O) groups is 2. The highest BCUT2D eigenvalue weighted by Crippen LogP contribution is 2.25. The monoisotopic (exact) mass is 393 g/mol. The van der Waals surface area contributed by atoms with Gasteiger partial charge in [-0.3, -0.25) is 4.79 Å². The van der Waals surface area contributed by atoms with E-state index in [2.05, 4.69) is 5.32 Å². The molecule has 0 aliphatic heterocycles. The molecule has 2 aromatic carbocycles. The Bertz CT molecular complexity index is 819. The summed E-state index contributed by atoms with van der Waals surface area (Å²) >= 11 is 11.9. The normalized spacial score (nSPS) is 11.8.